The van der Waals surface area contributed by atoms with Crippen LogP contribution in [-0.4, -0.2) is 56.9 Å². The molecule has 1 fully saturated rings. The normalized spacial score (nSPS) is 16.2. The second-order valence-corrected chi connectivity index (χ2v) is 6.11. The summed E-state index contributed by atoms with van der Waals surface area (Å²) in [5.41, 5.74) is 1.29. The minimum absolute atomic E-state index is 0.372. The Morgan fingerprint density at radius 1 is 1.29 bits per heavy atom. The van der Waals surface area contributed by atoms with Crippen molar-refractivity contribution in [3.8, 4) is 0 Å². The Morgan fingerprint density at radius 3 is 2.75 bits per heavy atom. The Balaban J connectivity index is 1.72. The fraction of sp³-hybridized carbons (Fsp3) is 0.632. The molecule has 2 rings (SSSR count). The van der Waals surface area contributed by atoms with Gasteiger partial charge in [-0.05, 0) is 31.7 Å². The Morgan fingerprint density at radius 2 is 2.04 bits per heavy atom. The summed E-state index contributed by atoms with van der Waals surface area (Å²) >= 11 is 0. The van der Waals surface area contributed by atoms with Crippen LogP contribution in [0, 0.1) is 0 Å². The van der Waals surface area contributed by atoms with Crippen molar-refractivity contribution in [3.63, 3.8) is 0 Å². The van der Waals surface area contributed by atoms with E-state index in [2.05, 4.69) is 48.5 Å². The highest BCUT2D eigenvalue weighted by Crippen LogP contribution is 2.10. The lowest BCUT2D eigenvalue weighted by molar-refractivity contribution is -0.0318. The molecule has 1 aromatic rings. The molecule has 1 aliphatic rings. The zero-order valence-electron chi connectivity index (χ0n) is 15.0. The lowest BCUT2D eigenvalue weighted by Crippen LogP contribution is -2.38. The predicted octanol–water partition coefficient (Wildman–Crippen LogP) is 2.67. The van der Waals surface area contributed by atoms with Gasteiger partial charge in [0.15, 0.2) is 5.96 Å². The molecule has 5 nitrogen and oxygen atoms in total. The van der Waals surface area contributed by atoms with Gasteiger partial charge in [0.05, 0.1) is 6.10 Å². The van der Waals surface area contributed by atoms with Gasteiger partial charge in [-0.15, -0.1) is 0 Å². The van der Waals surface area contributed by atoms with Crippen molar-refractivity contribution in [1.29, 1.82) is 0 Å². The highest BCUT2D eigenvalue weighted by Gasteiger charge is 2.13. The number of ether oxygens (including phenoxy) is 2. The largest absolute Gasteiger partial charge is 0.381 e. The molecule has 0 unspecified atom stereocenters. The summed E-state index contributed by atoms with van der Waals surface area (Å²) in [5.74, 6) is 0.951. The summed E-state index contributed by atoms with van der Waals surface area (Å²) in [4.78, 5) is 6.88. The first-order chi connectivity index (χ1) is 11.8. The van der Waals surface area contributed by atoms with Gasteiger partial charge in [-0.3, -0.25) is 4.99 Å². The Bertz CT molecular complexity index is 473. The van der Waals surface area contributed by atoms with Crippen LogP contribution in [0.1, 0.15) is 31.7 Å². The minimum Gasteiger partial charge on any atom is -0.381 e. The molecule has 1 heterocycles. The predicted molar refractivity (Wildman–Crippen MR) is 98.3 cm³/mol. The fourth-order valence-electron chi connectivity index (χ4n) is 2.74. The summed E-state index contributed by atoms with van der Waals surface area (Å²) in [6.45, 7) is 7.04. The van der Waals surface area contributed by atoms with Crippen LogP contribution in [0.3, 0.4) is 0 Å². The molecule has 0 radical (unpaired) electrons. The van der Waals surface area contributed by atoms with E-state index in [4.69, 9.17) is 14.5 Å². The first kappa shape index (κ1) is 18.7. The van der Waals surface area contributed by atoms with Crippen molar-refractivity contribution in [2.45, 2.75) is 38.8 Å². The Hall–Kier alpha value is -1.59. The summed E-state index contributed by atoms with van der Waals surface area (Å²) < 4.78 is 11.2. The lowest BCUT2D eigenvalue weighted by atomic mass is 10.1. The molecular formula is C19H31N3O2. The molecular weight excluding hydrogens is 302 g/mol. The number of nitrogens with zero attached hydrogens (tertiary/aromatic N) is 2. The van der Waals surface area contributed by atoms with E-state index < -0.39 is 0 Å². The average Bonchev–Trinajstić information content (AvgIpc) is 2.62. The van der Waals surface area contributed by atoms with Gasteiger partial charge in [-0.25, -0.2) is 0 Å². The number of rotatable bonds is 8. The van der Waals surface area contributed by atoms with Crippen LogP contribution in [0.5, 0.6) is 0 Å². The second-order valence-electron chi connectivity index (χ2n) is 6.11. The number of benzene rings is 1. The molecule has 134 valence electrons. The van der Waals surface area contributed by atoms with Gasteiger partial charge < -0.3 is 19.7 Å². The number of guanidine groups is 1. The third-order valence-electron chi connectivity index (χ3n) is 4.04. The Labute approximate surface area is 146 Å². The van der Waals surface area contributed by atoms with Gasteiger partial charge in [0.25, 0.3) is 0 Å². The molecule has 0 spiro atoms. The monoisotopic (exact) mass is 333 g/mol. The number of nitrogens with one attached hydrogen (secondary N) is 1. The molecule has 1 aliphatic heterocycles. The van der Waals surface area contributed by atoms with Crippen molar-refractivity contribution in [1.82, 2.24) is 10.2 Å². The number of aliphatic imine (C=N–C) groups is 1. The molecule has 1 saturated heterocycles. The first-order valence-corrected chi connectivity index (χ1v) is 9.02. The van der Waals surface area contributed by atoms with Crippen molar-refractivity contribution < 1.29 is 9.47 Å². The van der Waals surface area contributed by atoms with Crippen molar-refractivity contribution in [2.24, 2.45) is 4.99 Å². The highest BCUT2D eigenvalue weighted by atomic mass is 16.5. The van der Waals surface area contributed by atoms with Crippen LogP contribution in [0.2, 0.25) is 0 Å². The van der Waals surface area contributed by atoms with Gasteiger partial charge in [-0.1, -0.05) is 30.3 Å². The SMILES string of the molecule is CCNC(=NCCCOC1CCOCC1)N(C)Cc1ccccc1. The van der Waals surface area contributed by atoms with Gasteiger partial charge in [0.2, 0.25) is 0 Å². The molecule has 0 aromatic heterocycles. The molecule has 1 aromatic carbocycles. The van der Waals surface area contributed by atoms with Gasteiger partial charge in [0, 0.05) is 46.5 Å². The minimum atomic E-state index is 0.372. The van der Waals surface area contributed by atoms with Crippen molar-refractivity contribution in [2.75, 3.05) is 40.0 Å². The molecule has 0 amide bonds. The van der Waals surface area contributed by atoms with E-state index in [-0.39, 0.29) is 0 Å². The maximum atomic E-state index is 5.90. The van der Waals surface area contributed by atoms with Crippen LogP contribution in [0.25, 0.3) is 0 Å². The van der Waals surface area contributed by atoms with E-state index in [1.807, 2.05) is 6.07 Å². The topological polar surface area (TPSA) is 46.1 Å². The fourth-order valence-corrected chi connectivity index (χ4v) is 2.74. The maximum Gasteiger partial charge on any atom is 0.193 e. The molecule has 24 heavy (non-hydrogen) atoms. The van der Waals surface area contributed by atoms with E-state index in [1.54, 1.807) is 0 Å². The van der Waals surface area contributed by atoms with E-state index in [0.29, 0.717) is 6.10 Å². The van der Waals surface area contributed by atoms with E-state index >= 15 is 0 Å². The van der Waals surface area contributed by atoms with Crippen molar-refractivity contribution >= 4 is 5.96 Å². The number of hydrogen-bond donors (Lipinski definition) is 1. The highest BCUT2D eigenvalue weighted by molar-refractivity contribution is 5.79. The van der Waals surface area contributed by atoms with Crippen LogP contribution in [0.15, 0.2) is 35.3 Å². The first-order valence-electron chi connectivity index (χ1n) is 9.02. The van der Waals surface area contributed by atoms with Crippen LogP contribution in [0.4, 0.5) is 0 Å². The molecule has 0 saturated carbocycles. The van der Waals surface area contributed by atoms with Crippen LogP contribution < -0.4 is 5.32 Å². The third kappa shape index (κ3) is 6.89. The number of hydrogen-bond acceptors (Lipinski definition) is 3. The van der Waals surface area contributed by atoms with Crippen LogP contribution in [-0.2, 0) is 16.0 Å². The summed E-state index contributed by atoms with van der Waals surface area (Å²) in [6, 6.07) is 10.5. The molecule has 1 N–H and O–H groups in total. The summed E-state index contributed by atoms with van der Waals surface area (Å²) in [5, 5.41) is 3.36. The molecule has 0 aliphatic carbocycles. The lowest BCUT2D eigenvalue weighted by Gasteiger charge is -2.23. The smallest absolute Gasteiger partial charge is 0.193 e. The summed E-state index contributed by atoms with van der Waals surface area (Å²) in [6.07, 6.45) is 3.36. The van der Waals surface area contributed by atoms with Crippen LogP contribution >= 0.6 is 0 Å². The summed E-state index contributed by atoms with van der Waals surface area (Å²) in [7, 11) is 2.08. The average molecular weight is 333 g/mol. The molecule has 5 heteroatoms. The van der Waals surface area contributed by atoms with E-state index in [9.17, 15) is 0 Å². The zero-order chi connectivity index (χ0) is 17.0. The Kier molecular flexibility index (Phi) is 8.63. The molecule has 0 atom stereocenters. The third-order valence-corrected chi connectivity index (χ3v) is 4.04. The van der Waals surface area contributed by atoms with Gasteiger partial charge in [-0.2, -0.15) is 0 Å². The van der Waals surface area contributed by atoms with Crippen molar-refractivity contribution in [3.05, 3.63) is 35.9 Å². The van der Waals surface area contributed by atoms with E-state index in [0.717, 1.165) is 64.7 Å². The van der Waals surface area contributed by atoms with Gasteiger partial charge >= 0.3 is 0 Å². The standard InChI is InChI=1S/C19H31N3O2/c1-3-20-19(22(2)16-17-8-5-4-6-9-17)21-12-7-13-24-18-10-14-23-15-11-18/h4-6,8-9,18H,3,7,10-16H2,1-2H3,(H,20,21). The second kappa shape index (κ2) is 11.0. The maximum absolute atomic E-state index is 5.90. The molecule has 0 bridgehead atoms. The van der Waals surface area contributed by atoms with Gasteiger partial charge in [0.1, 0.15) is 0 Å². The van der Waals surface area contributed by atoms with E-state index in [1.165, 1.54) is 5.56 Å². The zero-order valence-corrected chi connectivity index (χ0v) is 15.0. The quantitative estimate of drug-likeness (QED) is 0.451.